The van der Waals surface area contributed by atoms with Gasteiger partial charge in [-0.3, -0.25) is 0 Å². The molecule has 128 valence electrons. The molecule has 0 atom stereocenters. The van der Waals surface area contributed by atoms with Gasteiger partial charge in [-0.25, -0.2) is 18.5 Å². The van der Waals surface area contributed by atoms with Crippen LogP contribution in [0.1, 0.15) is 26.3 Å². The second-order valence-corrected chi connectivity index (χ2v) is 7.22. The molecule has 0 fully saturated rings. The highest BCUT2D eigenvalue weighted by Crippen LogP contribution is 2.35. The number of carbonyl (C=O) groups excluding carboxylic acids is 1. The summed E-state index contributed by atoms with van der Waals surface area (Å²) < 4.78 is 33.5. The van der Waals surface area contributed by atoms with E-state index in [1.807, 2.05) is 6.92 Å². The number of amides is 1. The highest BCUT2D eigenvalue weighted by Gasteiger charge is 2.28. The first-order valence-electron chi connectivity index (χ1n) is 7.33. The third kappa shape index (κ3) is 4.32. The maximum absolute atomic E-state index is 14.3. The maximum Gasteiger partial charge on any atom is 0.419 e. The van der Waals surface area contributed by atoms with Crippen molar-refractivity contribution in [3.8, 4) is 0 Å². The molecule has 2 rings (SSSR count). The lowest BCUT2D eigenvalue weighted by atomic mass is 10.2. The summed E-state index contributed by atoms with van der Waals surface area (Å²) in [7, 11) is 0. The highest BCUT2D eigenvalue weighted by atomic mass is 79.9. The first-order valence-corrected chi connectivity index (χ1v) is 8.12. The molecule has 0 saturated carbocycles. The van der Waals surface area contributed by atoms with Crippen LogP contribution in [0.4, 0.5) is 25.0 Å². The number of nitrogens with zero attached hydrogens (tertiary/aromatic N) is 1. The van der Waals surface area contributed by atoms with Crippen molar-refractivity contribution in [3.63, 3.8) is 0 Å². The zero-order valence-electron chi connectivity index (χ0n) is 13.9. The molecule has 1 amide bonds. The predicted octanol–water partition coefficient (Wildman–Crippen LogP) is 6.11. The van der Waals surface area contributed by atoms with E-state index >= 15 is 0 Å². The average Bonchev–Trinajstić information content (AvgIpc) is 2.41. The second-order valence-electron chi connectivity index (χ2n) is 6.37. The SMILES string of the molecule is Cc1ccc(N(C(=O)OC(C)(C)C)c2ccc(F)cc2F)c(Br)c1. The number of carbonyl (C=O) groups is 1. The smallest absolute Gasteiger partial charge is 0.419 e. The van der Waals surface area contributed by atoms with E-state index in [2.05, 4.69) is 15.9 Å². The van der Waals surface area contributed by atoms with Crippen molar-refractivity contribution < 1.29 is 18.3 Å². The first kappa shape index (κ1) is 18.4. The average molecular weight is 398 g/mol. The number of aryl methyl sites for hydroxylation is 1. The lowest BCUT2D eigenvalue weighted by Crippen LogP contribution is -2.34. The Balaban J connectivity index is 2.58. The topological polar surface area (TPSA) is 29.5 Å². The van der Waals surface area contributed by atoms with E-state index in [4.69, 9.17) is 4.74 Å². The van der Waals surface area contributed by atoms with Crippen LogP contribution in [-0.2, 0) is 4.74 Å². The van der Waals surface area contributed by atoms with E-state index in [-0.39, 0.29) is 5.69 Å². The van der Waals surface area contributed by atoms with Crippen LogP contribution < -0.4 is 4.90 Å². The number of hydrogen-bond donors (Lipinski definition) is 0. The zero-order valence-corrected chi connectivity index (χ0v) is 15.4. The number of benzene rings is 2. The van der Waals surface area contributed by atoms with Gasteiger partial charge in [0.2, 0.25) is 0 Å². The minimum atomic E-state index is -0.853. The fourth-order valence-corrected chi connectivity index (χ4v) is 2.76. The molecule has 0 aromatic heterocycles. The monoisotopic (exact) mass is 397 g/mol. The number of rotatable bonds is 2. The summed E-state index contributed by atoms with van der Waals surface area (Å²) in [6.45, 7) is 7.04. The minimum Gasteiger partial charge on any atom is -0.443 e. The summed E-state index contributed by atoms with van der Waals surface area (Å²) in [5, 5.41) is 0. The molecule has 0 N–H and O–H groups in total. The normalized spacial score (nSPS) is 11.3. The van der Waals surface area contributed by atoms with Crippen LogP contribution in [0.2, 0.25) is 0 Å². The molecule has 0 spiro atoms. The van der Waals surface area contributed by atoms with Crippen LogP contribution >= 0.6 is 15.9 Å². The Morgan fingerprint density at radius 3 is 2.25 bits per heavy atom. The van der Waals surface area contributed by atoms with Gasteiger partial charge in [0.05, 0.1) is 11.4 Å². The van der Waals surface area contributed by atoms with E-state index in [0.29, 0.717) is 10.2 Å². The van der Waals surface area contributed by atoms with E-state index in [9.17, 15) is 13.6 Å². The van der Waals surface area contributed by atoms with Crippen LogP contribution in [-0.4, -0.2) is 11.7 Å². The third-order valence-electron chi connectivity index (χ3n) is 3.07. The molecule has 0 saturated heterocycles. The summed E-state index contributed by atoms with van der Waals surface area (Å²) in [6, 6.07) is 8.30. The van der Waals surface area contributed by atoms with Gasteiger partial charge < -0.3 is 4.74 Å². The molecule has 0 heterocycles. The summed E-state index contributed by atoms with van der Waals surface area (Å²) in [4.78, 5) is 13.7. The van der Waals surface area contributed by atoms with Crippen LogP contribution in [0.25, 0.3) is 0 Å². The molecule has 0 radical (unpaired) electrons. The quantitative estimate of drug-likeness (QED) is 0.611. The van der Waals surface area contributed by atoms with E-state index < -0.39 is 23.3 Å². The van der Waals surface area contributed by atoms with Crippen LogP contribution in [0.3, 0.4) is 0 Å². The molecule has 0 aliphatic heterocycles. The lowest BCUT2D eigenvalue weighted by molar-refractivity contribution is 0.0598. The summed E-state index contributed by atoms with van der Waals surface area (Å²) in [6.07, 6.45) is -0.752. The maximum atomic E-state index is 14.3. The Bertz CT molecular complexity index is 721. The summed E-state index contributed by atoms with van der Waals surface area (Å²) >= 11 is 3.39. The van der Waals surface area contributed by atoms with Gasteiger partial charge in [0.15, 0.2) is 0 Å². The van der Waals surface area contributed by atoms with Gasteiger partial charge >= 0.3 is 6.09 Å². The van der Waals surface area contributed by atoms with Gasteiger partial charge in [0, 0.05) is 10.5 Å². The van der Waals surface area contributed by atoms with Crippen molar-refractivity contribution in [2.24, 2.45) is 0 Å². The molecule has 2 aromatic carbocycles. The molecule has 0 aliphatic carbocycles. The molecule has 6 heteroatoms. The number of halogens is 3. The van der Waals surface area contributed by atoms with Crippen molar-refractivity contribution in [2.45, 2.75) is 33.3 Å². The van der Waals surface area contributed by atoms with E-state index in [1.165, 1.54) is 6.07 Å². The van der Waals surface area contributed by atoms with Gasteiger partial charge in [-0.1, -0.05) is 6.07 Å². The van der Waals surface area contributed by atoms with Gasteiger partial charge in [-0.05, 0) is 73.5 Å². The Hall–Kier alpha value is -1.95. The second kappa shape index (κ2) is 6.89. The summed E-state index contributed by atoms with van der Waals surface area (Å²) in [5.74, 6) is -1.57. The van der Waals surface area contributed by atoms with Gasteiger partial charge in [-0.2, -0.15) is 0 Å². The molecule has 2 aromatic rings. The largest absolute Gasteiger partial charge is 0.443 e. The van der Waals surface area contributed by atoms with Gasteiger partial charge in [0.25, 0.3) is 0 Å². The molecule has 0 unspecified atom stereocenters. The number of hydrogen-bond acceptors (Lipinski definition) is 2. The fraction of sp³-hybridized carbons (Fsp3) is 0.278. The molecular formula is C18H18BrF2NO2. The molecule has 0 aliphatic rings. The molecule has 24 heavy (non-hydrogen) atoms. The zero-order chi connectivity index (χ0) is 18.1. The Morgan fingerprint density at radius 1 is 1.08 bits per heavy atom. The van der Waals surface area contributed by atoms with Crippen LogP contribution in [0, 0.1) is 18.6 Å². The molecule has 0 bridgehead atoms. The standard InChI is InChI=1S/C18H18BrF2NO2/c1-11-5-7-15(13(19)9-11)22(17(23)24-18(2,3)4)16-8-6-12(20)10-14(16)21/h5-10H,1-4H3. The lowest BCUT2D eigenvalue weighted by Gasteiger charge is -2.28. The Kier molecular flexibility index (Phi) is 5.28. The van der Waals surface area contributed by atoms with Crippen LogP contribution in [0.5, 0.6) is 0 Å². The van der Waals surface area contributed by atoms with Crippen molar-refractivity contribution in [2.75, 3.05) is 4.90 Å². The fourth-order valence-electron chi connectivity index (χ4n) is 2.09. The minimum absolute atomic E-state index is 0.0878. The predicted molar refractivity (Wildman–Crippen MR) is 93.6 cm³/mol. The van der Waals surface area contributed by atoms with Gasteiger partial charge in [-0.15, -0.1) is 0 Å². The van der Waals surface area contributed by atoms with E-state index in [0.717, 1.165) is 22.6 Å². The summed E-state index contributed by atoms with van der Waals surface area (Å²) in [5.41, 5.74) is 0.521. The Morgan fingerprint density at radius 2 is 1.71 bits per heavy atom. The van der Waals surface area contributed by atoms with Crippen LogP contribution in [0.15, 0.2) is 40.9 Å². The molecule has 3 nitrogen and oxygen atoms in total. The Labute approximate surface area is 148 Å². The third-order valence-corrected chi connectivity index (χ3v) is 3.71. The number of anilines is 2. The highest BCUT2D eigenvalue weighted by molar-refractivity contribution is 9.10. The molecular weight excluding hydrogens is 380 g/mol. The van der Waals surface area contributed by atoms with E-state index in [1.54, 1.807) is 39.0 Å². The van der Waals surface area contributed by atoms with Crippen molar-refractivity contribution in [3.05, 3.63) is 58.1 Å². The first-order chi connectivity index (χ1) is 11.1. The van der Waals surface area contributed by atoms with Crippen molar-refractivity contribution >= 4 is 33.4 Å². The number of ether oxygens (including phenoxy) is 1. The van der Waals surface area contributed by atoms with Crippen molar-refractivity contribution in [1.82, 2.24) is 0 Å². The van der Waals surface area contributed by atoms with Gasteiger partial charge in [0.1, 0.15) is 17.2 Å². The van der Waals surface area contributed by atoms with Crippen molar-refractivity contribution in [1.29, 1.82) is 0 Å².